The Labute approximate surface area is 207 Å². The third kappa shape index (κ3) is 5.04. The number of thiazole rings is 2. The summed E-state index contributed by atoms with van der Waals surface area (Å²) in [7, 11) is 1.67. The number of hydrogen-bond donors (Lipinski definition) is 0. The molecule has 34 heavy (non-hydrogen) atoms. The summed E-state index contributed by atoms with van der Waals surface area (Å²) in [5.41, 5.74) is 4.97. The topological polar surface area (TPSA) is 58.6 Å². The first-order valence-corrected chi connectivity index (χ1v) is 13.0. The van der Waals surface area contributed by atoms with Gasteiger partial charge >= 0.3 is 0 Å². The Bertz CT molecular complexity index is 1260. The molecule has 0 saturated carbocycles. The van der Waals surface area contributed by atoms with Crippen molar-refractivity contribution in [2.75, 3.05) is 33.3 Å². The minimum absolute atomic E-state index is 0.0183. The third-order valence-electron chi connectivity index (χ3n) is 5.96. The molecule has 1 aliphatic heterocycles. The second-order valence-electron chi connectivity index (χ2n) is 8.34. The number of benzene rings is 2. The summed E-state index contributed by atoms with van der Waals surface area (Å²) in [6.07, 6.45) is 0. The van der Waals surface area contributed by atoms with Crippen molar-refractivity contribution in [3.8, 4) is 26.9 Å². The highest BCUT2D eigenvalue weighted by molar-refractivity contribution is 7.13. The SMILES string of the molecule is COc1ccc(-c2nc(CN3CCN(C(=O)c4csc(-c5ccc(C)cc5)n4)CC3)cs2)cc1. The molecule has 0 radical (unpaired) electrons. The number of nitrogens with zero attached hydrogens (tertiary/aromatic N) is 4. The molecule has 1 saturated heterocycles. The number of amides is 1. The van der Waals surface area contributed by atoms with E-state index in [0.717, 1.165) is 52.2 Å². The van der Waals surface area contributed by atoms with Gasteiger partial charge in [-0.25, -0.2) is 9.97 Å². The maximum absolute atomic E-state index is 13.0. The molecule has 2 aromatic heterocycles. The van der Waals surface area contributed by atoms with Crippen LogP contribution in [-0.2, 0) is 6.54 Å². The average Bonchev–Trinajstić information content (AvgIpc) is 3.55. The Hall–Kier alpha value is -3.07. The largest absolute Gasteiger partial charge is 0.497 e. The molecule has 4 aromatic rings. The number of ether oxygens (including phenoxy) is 1. The number of hydrogen-bond acceptors (Lipinski definition) is 7. The number of carbonyl (C=O) groups excluding carboxylic acids is 1. The summed E-state index contributed by atoms with van der Waals surface area (Å²) in [6.45, 7) is 5.92. The Morgan fingerprint density at radius 3 is 2.18 bits per heavy atom. The first-order valence-electron chi connectivity index (χ1n) is 11.2. The average molecular weight is 491 g/mol. The van der Waals surface area contributed by atoms with Crippen molar-refractivity contribution >= 4 is 28.6 Å². The second kappa shape index (κ2) is 10.0. The van der Waals surface area contributed by atoms with Crippen LogP contribution < -0.4 is 4.74 Å². The van der Waals surface area contributed by atoms with E-state index < -0.39 is 0 Å². The van der Waals surface area contributed by atoms with Gasteiger partial charge in [-0.1, -0.05) is 29.8 Å². The normalized spacial score (nSPS) is 14.4. The van der Waals surface area contributed by atoms with E-state index in [1.807, 2.05) is 34.5 Å². The van der Waals surface area contributed by atoms with Gasteiger partial charge in [0.05, 0.1) is 12.8 Å². The molecular formula is C26H26N4O2S2. The molecule has 174 valence electrons. The highest BCUT2D eigenvalue weighted by Gasteiger charge is 2.24. The minimum atomic E-state index is 0.0183. The Morgan fingerprint density at radius 2 is 1.50 bits per heavy atom. The van der Waals surface area contributed by atoms with Crippen LogP contribution in [0.25, 0.3) is 21.1 Å². The van der Waals surface area contributed by atoms with Gasteiger partial charge in [0.2, 0.25) is 0 Å². The highest BCUT2D eigenvalue weighted by atomic mass is 32.1. The molecule has 1 aliphatic rings. The lowest BCUT2D eigenvalue weighted by molar-refractivity contribution is 0.0622. The van der Waals surface area contributed by atoms with Gasteiger partial charge in [0, 0.05) is 54.6 Å². The van der Waals surface area contributed by atoms with E-state index in [1.165, 1.54) is 16.9 Å². The Morgan fingerprint density at radius 1 is 0.882 bits per heavy atom. The summed E-state index contributed by atoms with van der Waals surface area (Å²) >= 11 is 3.18. The van der Waals surface area contributed by atoms with Crippen molar-refractivity contribution in [1.82, 2.24) is 19.8 Å². The van der Waals surface area contributed by atoms with Crippen LogP contribution in [-0.4, -0.2) is 59.0 Å². The zero-order valence-corrected chi connectivity index (χ0v) is 20.9. The molecule has 0 N–H and O–H groups in total. The van der Waals surface area contributed by atoms with Crippen LogP contribution in [0.15, 0.2) is 59.3 Å². The second-order valence-corrected chi connectivity index (χ2v) is 10.1. The fraction of sp³-hybridized carbons (Fsp3) is 0.269. The molecule has 0 aliphatic carbocycles. The summed E-state index contributed by atoms with van der Waals surface area (Å²) in [5.74, 6) is 0.863. The summed E-state index contributed by atoms with van der Waals surface area (Å²) in [4.78, 5) is 26.7. The molecule has 0 unspecified atom stereocenters. The zero-order chi connectivity index (χ0) is 23.5. The van der Waals surface area contributed by atoms with E-state index in [-0.39, 0.29) is 5.91 Å². The highest BCUT2D eigenvalue weighted by Crippen LogP contribution is 2.27. The van der Waals surface area contributed by atoms with Crippen molar-refractivity contribution < 1.29 is 9.53 Å². The fourth-order valence-electron chi connectivity index (χ4n) is 3.95. The van der Waals surface area contributed by atoms with E-state index in [4.69, 9.17) is 9.72 Å². The number of aryl methyl sites for hydroxylation is 1. The van der Waals surface area contributed by atoms with Crippen LogP contribution >= 0.6 is 22.7 Å². The third-order valence-corrected chi connectivity index (χ3v) is 7.79. The molecule has 1 fully saturated rings. The predicted octanol–water partition coefficient (Wildman–Crippen LogP) is 5.21. The summed E-state index contributed by atoms with van der Waals surface area (Å²) < 4.78 is 5.23. The summed E-state index contributed by atoms with van der Waals surface area (Å²) in [5, 5.41) is 5.90. The van der Waals surface area contributed by atoms with E-state index in [9.17, 15) is 4.79 Å². The summed E-state index contributed by atoms with van der Waals surface area (Å²) in [6, 6.07) is 16.2. The van der Waals surface area contributed by atoms with Gasteiger partial charge in [0.15, 0.2) is 0 Å². The quantitative estimate of drug-likeness (QED) is 0.371. The monoisotopic (exact) mass is 490 g/mol. The van der Waals surface area contributed by atoms with Crippen molar-refractivity contribution in [2.45, 2.75) is 13.5 Å². The van der Waals surface area contributed by atoms with Crippen LogP contribution in [0.5, 0.6) is 5.75 Å². The lowest BCUT2D eigenvalue weighted by atomic mass is 10.2. The van der Waals surface area contributed by atoms with Gasteiger partial charge in [-0.2, -0.15) is 0 Å². The van der Waals surface area contributed by atoms with Crippen molar-refractivity contribution in [3.05, 3.63) is 76.2 Å². The van der Waals surface area contributed by atoms with Gasteiger partial charge in [0.25, 0.3) is 5.91 Å². The lowest BCUT2D eigenvalue weighted by Gasteiger charge is -2.34. The molecular weight excluding hydrogens is 464 g/mol. The van der Waals surface area contributed by atoms with Crippen molar-refractivity contribution in [3.63, 3.8) is 0 Å². The molecule has 8 heteroatoms. The predicted molar refractivity (Wildman–Crippen MR) is 138 cm³/mol. The van der Waals surface area contributed by atoms with E-state index in [1.54, 1.807) is 18.4 Å². The lowest BCUT2D eigenvalue weighted by Crippen LogP contribution is -2.48. The Kier molecular flexibility index (Phi) is 6.71. The minimum Gasteiger partial charge on any atom is -0.497 e. The maximum Gasteiger partial charge on any atom is 0.273 e. The van der Waals surface area contributed by atoms with Crippen LogP contribution in [0, 0.1) is 6.92 Å². The van der Waals surface area contributed by atoms with Gasteiger partial charge in [-0.05, 0) is 31.2 Å². The van der Waals surface area contributed by atoms with Gasteiger partial charge < -0.3 is 9.64 Å². The van der Waals surface area contributed by atoms with Gasteiger partial charge in [0.1, 0.15) is 21.5 Å². The zero-order valence-electron chi connectivity index (χ0n) is 19.2. The standard InChI is InChI=1S/C26H26N4O2S2/c1-18-3-5-19(6-4-18)25-28-23(17-34-25)26(31)30-13-11-29(12-14-30)15-21-16-33-24(27-21)20-7-9-22(32-2)10-8-20/h3-10,16-17H,11-15H2,1-2H3. The molecule has 0 bridgehead atoms. The molecule has 3 heterocycles. The molecule has 0 spiro atoms. The fourth-order valence-corrected chi connectivity index (χ4v) is 5.56. The van der Waals surface area contributed by atoms with Crippen molar-refractivity contribution in [1.29, 1.82) is 0 Å². The smallest absolute Gasteiger partial charge is 0.273 e. The first kappa shape index (κ1) is 22.7. The molecule has 6 nitrogen and oxygen atoms in total. The number of aromatic nitrogens is 2. The Balaban J connectivity index is 1.16. The van der Waals surface area contributed by atoms with E-state index in [0.29, 0.717) is 18.8 Å². The number of piperazine rings is 1. The molecule has 1 amide bonds. The number of methoxy groups -OCH3 is 1. The van der Waals surface area contributed by atoms with Gasteiger partial charge in [-0.15, -0.1) is 22.7 Å². The first-order chi connectivity index (χ1) is 16.6. The van der Waals surface area contributed by atoms with Crippen LogP contribution in [0.4, 0.5) is 0 Å². The van der Waals surface area contributed by atoms with Crippen LogP contribution in [0.3, 0.4) is 0 Å². The number of rotatable bonds is 6. The van der Waals surface area contributed by atoms with Crippen LogP contribution in [0.1, 0.15) is 21.7 Å². The molecule has 2 aromatic carbocycles. The molecule has 5 rings (SSSR count). The van der Waals surface area contributed by atoms with E-state index in [2.05, 4.69) is 46.5 Å². The van der Waals surface area contributed by atoms with E-state index >= 15 is 0 Å². The van der Waals surface area contributed by atoms with Crippen molar-refractivity contribution in [2.24, 2.45) is 0 Å². The molecule has 0 atom stereocenters. The van der Waals surface area contributed by atoms with Gasteiger partial charge in [-0.3, -0.25) is 9.69 Å². The maximum atomic E-state index is 13.0. The number of carbonyl (C=O) groups is 1. The van der Waals surface area contributed by atoms with Crippen LogP contribution in [0.2, 0.25) is 0 Å².